The maximum Gasteiger partial charge on any atom is 0.458 e. The molecule has 1 atom stereocenters. The van der Waals surface area contributed by atoms with Crippen LogP contribution >= 0.6 is 0 Å². The van der Waals surface area contributed by atoms with E-state index in [1.54, 1.807) is 5.32 Å². The quantitative estimate of drug-likeness (QED) is 0.446. The van der Waals surface area contributed by atoms with Crippen molar-refractivity contribution in [2.75, 3.05) is 11.9 Å². The van der Waals surface area contributed by atoms with Gasteiger partial charge in [-0.05, 0) is 49.4 Å². The topological polar surface area (TPSA) is 58.6 Å². The van der Waals surface area contributed by atoms with Crippen molar-refractivity contribution >= 4 is 11.6 Å². The Kier molecular flexibility index (Phi) is 7.37. The van der Waals surface area contributed by atoms with Crippen LogP contribution in [-0.4, -0.2) is 29.4 Å². The highest BCUT2D eigenvalue weighted by molar-refractivity contribution is 5.97. The highest BCUT2D eigenvalue weighted by Gasteiger charge is 2.58. The van der Waals surface area contributed by atoms with Crippen molar-refractivity contribution in [1.29, 1.82) is 0 Å². The van der Waals surface area contributed by atoms with Crippen molar-refractivity contribution in [2.24, 2.45) is 0 Å². The first kappa shape index (κ1) is 28.1. The van der Waals surface area contributed by atoms with Crippen LogP contribution < -0.4 is 10.1 Å². The molecule has 2 aromatic rings. The number of halogens is 11. The molecule has 0 aliphatic carbocycles. The van der Waals surface area contributed by atoms with Crippen LogP contribution in [0.2, 0.25) is 0 Å². The summed E-state index contributed by atoms with van der Waals surface area (Å²) in [4.78, 5) is 12.2. The standard InChI is InChI=1S/C20H14F11NO3/c1-16(34,9-35-14-4-2-10(3-5-14)17(21,22)20(29,30)31)15(33)32-13-7-11(18(23,24)25)6-12(8-13)19(26,27)28/h2-8,34H,9H2,1H3,(H,32,33). The summed E-state index contributed by atoms with van der Waals surface area (Å²) in [6.07, 6.45) is -16.3. The van der Waals surface area contributed by atoms with Crippen molar-refractivity contribution in [1.82, 2.24) is 0 Å². The molecule has 2 aromatic carbocycles. The predicted octanol–water partition coefficient (Wildman–Crippen LogP) is 6.15. The van der Waals surface area contributed by atoms with E-state index in [1.807, 2.05) is 0 Å². The molecule has 0 heterocycles. The zero-order valence-electron chi connectivity index (χ0n) is 17.2. The number of nitrogens with one attached hydrogen (secondary N) is 1. The Balaban J connectivity index is 2.16. The summed E-state index contributed by atoms with van der Waals surface area (Å²) in [6.45, 7) is -0.230. The molecule has 2 rings (SSSR count). The minimum Gasteiger partial charge on any atom is -0.490 e. The molecule has 0 fully saturated rings. The molecular formula is C20H14F11NO3. The number of ether oxygens (including phenoxy) is 1. The maximum atomic E-state index is 13.3. The summed E-state index contributed by atoms with van der Waals surface area (Å²) in [7, 11) is 0. The molecule has 0 aliphatic heterocycles. The number of carbonyl (C=O) groups excluding carboxylic acids is 1. The second-order valence-electron chi connectivity index (χ2n) is 7.41. The molecule has 15 heteroatoms. The van der Waals surface area contributed by atoms with E-state index in [0.29, 0.717) is 24.3 Å². The minimum absolute atomic E-state index is 0.178. The minimum atomic E-state index is -5.87. The molecule has 1 unspecified atom stereocenters. The van der Waals surface area contributed by atoms with Gasteiger partial charge in [-0.3, -0.25) is 4.79 Å². The molecule has 0 aliphatic rings. The van der Waals surface area contributed by atoms with Crippen molar-refractivity contribution in [3.8, 4) is 5.75 Å². The number of hydrogen-bond acceptors (Lipinski definition) is 3. The number of alkyl halides is 11. The van der Waals surface area contributed by atoms with Gasteiger partial charge in [0.1, 0.15) is 12.4 Å². The van der Waals surface area contributed by atoms with E-state index in [-0.39, 0.29) is 23.9 Å². The summed E-state index contributed by atoms with van der Waals surface area (Å²) in [6, 6.07) is 2.31. The van der Waals surface area contributed by atoms with Gasteiger partial charge >= 0.3 is 24.5 Å². The van der Waals surface area contributed by atoms with Crippen molar-refractivity contribution < 1.29 is 62.9 Å². The van der Waals surface area contributed by atoms with Crippen LogP contribution in [0.4, 0.5) is 54.0 Å². The van der Waals surface area contributed by atoms with E-state index >= 15 is 0 Å². The first-order valence-electron chi connectivity index (χ1n) is 9.16. The van der Waals surface area contributed by atoms with Gasteiger partial charge in [0.25, 0.3) is 5.91 Å². The lowest BCUT2D eigenvalue weighted by Gasteiger charge is -2.24. The molecule has 35 heavy (non-hydrogen) atoms. The summed E-state index contributed by atoms with van der Waals surface area (Å²) in [5.74, 6) is -7.04. The summed E-state index contributed by atoms with van der Waals surface area (Å²) in [5, 5.41) is 11.9. The van der Waals surface area contributed by atoms with Gasteiger partial charge in [0.2, 0.25) is 0 Å². The highest BCUT2D eigenvalue weighted by atomic mass is 19.4. The molecule has 194 valence electrons. The molecule has 0 bridgehead atoms. The maximum absolute atomic E-state index is 13.3. The van der Waals surface area contributed by atoms with Crippen molar-refractivity contribution in [2.45, 2.75) is 37.0 Å². The van der Waals surface area contributed by atoms with Crippen molar-refractivity contribution in [3.05, 3.63) is 59.2 Å². The first-order valence-corrected chi connectivity index (χ1v) is 9.16. The third kappa shape index (κ3) is 6.74. The Hall–Kier alpha value is -3.10. The number of rotatable bonds is 6. The molecule has 0 aromatic heterocycles. The Morgan fingerprint density at radius 1 is 0.800 bits per heavy atom. The fourth-order valence-corrected chi connectivity index (χ4v) is 2.51. The Labute approximate surface area is 189 Å². The zero-order chi connectivity index (χ0) is 27.0. The molecular weight excluding hydrogens is 511 g/mol. The Morgan fingerprint density at radius 3 is 1.66 bits per heavy atom. The fourth-order valence-electron chi connectivity index (χ4n) is 2.51. The van der Waals surface area contributed by atoms with Gasteiger partial charge in [0, 0.05) is 11.3 Å². The van der Waals surface area contributed by atoms with Crippen LogP contribution in [0.25, 0.3) is 0 Å². The number of benzene rings is 2. The Bertz CT molecular complexity index is 1020. The van der Waals surface area contributed by atoms with Crippen LogP contribution in [0.15, 0.2) is 42.5 Å². The third-order valence-electron chi connectivity index (χ3n) is 4.43. The molecule has 0 saturated heterocycles. The zero-order valence-corrected chi connectivity index (χ0v) is 17.2. The first-order chi connectivity index (χ1) is 15.6. The van der Waals surface area contributed by atoms with E-state index in [0.717, 1.165) is 6.92 Å². The largest absolute Gasteiger partial charge is 0.490 e. The number of anilines is 1. The van der Waals surface area contributed by atoms with Crippen LogP contribution in [0.5, 0.6) is 5.75 Å². The molecule has 2 N–H and O–H groups in total. The van der Waals surface area contributed by atoms with Crippen molar-refractivity contribution in [3.63, 3.8) is 0 Å². The van der Waals surface area contributed by atoms with Gasteiger partial charge in [-0.1, -0.05) is 0 Å². The molecule has 0 radical (unpaired) electrons. The van der Waals surface area contributed by atoms with Crippen LogP contribution in [-0.2, 0) is 23.1 Å². The second-order valence-corrected chi connectivity index (χ2v) is 7.41. The molecule has 4 nitrogen and oxygen atoms in total. The van der Waals surface area contributed by atoms with E-state index in [1.165, 1.54) is 0 Å². The van der Waals surface area contributed by atoms with Crippen LogP contribution in [0, 0.1) is 0 Å². The SMILES string of the molecule is CC(O)(COc1ccc(C(F)(F)C(F)(F)F)cc1)C(=O)Nc1cc(C(F)(F)F)cc(C(F)(F)F)c1. The van der Waals surface area contributed by atoms with Gasteiger partial charge in [-0.15, -0.1) is 0 Å². The Morgan fingerprint density at radius 2 is 1.26 bits per heavy atom. The van der Waals surface area contributed by atoms with Gasteiger partial charge in [0.15, 0.2) is 5.60 Å². The highest BCUT2D eigenvalue weighted by Crippen LogP contribution is 2.44. The number of aliphatic hydroxyl groups is 1. The van der Waals surface area contributed by atoms with Gasteiger partial charge < -0.3 is 15.2 Å². The lowest BCUT2D eigenvalue weighted by Crippen LogP contribution is -2.45. The van der Waals surface area contributed by atoms with E-state index in [4.69, 9.17) is 4.74 Å². The van der Waals surface area contributed by atoms with E-state index in [9.17, 15) is 58.2 Å². The second kappa shape index (κ2) is 9.17. The fraction of sp³-hybridized carbons (Fsp3) is 0.350. The predicted molar refractivity (Wildman–Crippen MR) is 97.6 cm³/mol. The van der Waals surface area contributed by atoms with Gasteiger partial charge in [-0.25, -0.2) is 0 Å². The summed E-state index contributed by atoms with van der Waals surface area (Å²) < 4.78 is 146. The summed E-state index contributed by atoms with van der Waals surface area (Å²) in [5.41, 5.74) is -8.41. The van der Waals surface area contributed by atoms with E-state index in [2.05, 4.69) is 0 Å². The number of carbonyl (C=O) groups is 1. The van der Waals surface area contributed by atoms with Gasteiger partial charge in [0.05, 0.1) is 11.1 Å². The van der Waals surface area contributed by atoms with E-state index < -0.39 is 64.9 Å². The number of amides is 1. The molecule has 0 spiro atoms. The average molecular weight is 525 g/mol. The molecule has 1 amide bonds. The van der Waals surface area contributed by atoms with Gasteiger partial charge in [-0.2, -0.15) is 48.3 Å². The third-order valence-corrected chi connectivity index (χ3v) is 4.43. The summed E-state index contributed by atoms with van der Waals surface area (Å²) >= 11 is 0. The number of hydrogen-bond donors (Lipinski definition) is 2. The molecule has 0 saturated carbocycles. The lowest BCUT2D eigenvalue weighted by molar-refractivity contribution is -0.289. The lowest BCUT2D eigenvalue weighted by atomic mass is 10.1. The smallest absolute Gasteiger partial charge is 0.458 e. The normalized spacial score (nSPS) is 14.9. The van der Waals surface area contributed by atoms with Crippen LogP contribution in [0.3, 0.4) is 0 Å². The van der Waals surface area contributed by atoms with Crippen LogP contribution in [0.1, 0.15) is 23.6 Å². The average Bonchev–Trinajstić information content (AvgIpc) is 2.70. The monoisotopic (exact) mass is 525 g/mol.